The molecule has 0 bridgehead atoms. The molecule has 0 fully saturated rings. The first-order chi connectivity index (χ1) is 17.0. The van der Waals surface area contributed by atoms with Crippen LogP contribution in [0, 0.1) is 0 Å². The van der Waals surface area contributed by atoms with Gasteiger partial charge in [0.15, 0.2) is 0 Å². The molecule has 2 N–H and O–H groups in total. The smallest absolute Gasteiger partial charge is 0.349 e. The van der Waals surface area contributed by atoms with E-state index in [2.05, 4.69) is 10.1 Å². The lowest BCUT2D eigenvalue weighted by Crippen LogP contribution is -2.32. The highest BCUT2D eigenvalue weighted by molar-refractivity contribution is 6.02. The van der Waals surface area contributed by atoms with Gasteiger partial charge in [0.05, 0.1) is 22.7 Å². The van der Waals surface area contributed by atoms with Gasteiger partial charge in [0.25, 0.3) is 5.56 Å². The molecule has 4 aromatic carbocycles. The monoisotopic (exact) mass is 465 g/mol. The van der Waals surface area contributed by atoms with Crippen molar-refractivity contribution in [2.45, 2.75) is 6.61 Å². The molecular weight excluding hydrogens is 446 g/mol. The molecule has 0 saturated heterocycles. The van der Waals surface area contributed by atoms with Crippen molar-refractivity contribution >= 4 is 33.9 Å². The molecule has 1 aromatic heterocycles. The van der Waals surface area contributed by atoms with Crippen LogP contribution in [0.1, 0.15) is 21.5 Å². The highest BCUT2D eigenvalue weighted by Crippen LogP contribution is 2.27. The summed E-state index contributed by atoms with van der Waals surface area (Å²) in [7, 11) is 0. The van der Waals surface area contributed by atoms with E-state index < -0.39 is 17.2 Å². The van der Waals surface area contributed by atoms with Crippen molar-refractivity contribution in [3.8, 4) is 5.75 Å². The normalized spacial score (nSPS) is 11.3. The van der Waals surface area contributed by atoms with Crippen molar-refractivity contribution in [1.82, 2.24) is 9.66 Å². The fourth-order valence-electron chi connectivity index (χ4n) is 3.86. The van der Waals surface area contributed by atoms with Crippen molar-refractivity contribution in [1.29, 1.82) is 0 Å². The second-order valence-electron chi connectivity index (χ2n) is 7.83. The minimum absolute atomic E-state index is 0.122. The van der Waals surface area contributed by atoms with Crippen LogP contribution in [0.5, 0.6) is 5.75 Å². The van der Waals surface area contributed by atoms with Crippen LogP contribution < -0.4 is 16.0 Å². The fraction of sp³-hybridized carbons (Fsp3) is 0.0370. The molecule has 0 radical (unpaired) electrons. The highest BCUT2D eigenvalue weighted by atomic mass is 16.5. The standard InChI is InChI=1S/C27H19N3O5/c31-25-21-10-3-4-11-23(21)29-27(34)30(25)28-15-22-20-9-2-1-7-18(20)12-13-24(22)35-16-17-6-5-8-19(14-17)26(32)33/h1-15H,16H2,(H,29,34)(H,32,33). The second-order valence-corrected chi connectivity index (χ2v) is 7.83. The first-order valence-electron chi connectivity index (χ1n) is 10.8. The van der Waals surface area contributed by atoms with E-state index in [0.29, 0.717) is 27.8 Å². The number of aromatic nitrogens is 2. The first kappa shape index (κ1) is 21.8. The van der Waals surface area contributed by atoms with Crippen LogP contribution in [-0.2, 0) is 6.61 Å². The van der Waals surface area contributed by atoms with Crippen LogP contribution in [0.15, 0.2) is 99.6 Å². The van der Waals surface area contributed by atoms with E-state index in [-0.39, 0.29) is 12.2 Å². The van der Waals surface area contributed by atoms with Crippen LogP contribution in [0.2, 0.25) is 0 Å². The molecule has 5 rings (SSSR count). The number of fused-ring (bicyclic) bond motifs is 2. The van der Waals surface area contributed by atoms with Gasteiger partial charge in [-0.05, 0) is 46.7 Å². The Morgan fingerprint density at radius 3 is 2.54 bits per heavy atom. The maximum absolute atomic E-state index is 12.9. The summed E-state index contributed by atoms with van der Waals surface area (Å²) in [5, 5.41) is 15.5. The van der Waals surface area contributed by atoms with Gasteiger partial charge in [-0.1, -0.05) is 54.6 Å². The SMILES string of the molecule is O=C(O)c1cccc(COc2ccc3ccccc3c2C=Nn2c(=O)[nH]c3ccccc3c2=O)c1. The zero-order valence-electron chi connectivity index (χ0n) is 18.3. The average molecular weight is 465 g/mol. The van der Waals surface area contributed by atoms with Gasteiger partial charge in [-0.2, -0.15) is 5.10 Å². The molecule has 1 heterocycles. The number of H-pyrrole nitrogens is 1. The summed E-state index contributed by atoms with van der Waals surface area (Å²) in [5.74, 6) is -0.546. The molecule has 8 nitrogen and oxygen atoms in total. The summed E-state index contributed by atoms with van der Waals surface area (Å²) in [6.45, 7) is 0.122. The predicted molar refractivity (Wildman–Crippen MR) is 134 cm³/mol. The molecule has 5 aromatic rings. The molecule has 0 amide bonds. The number of hydrogen-bond acceptors (Lipinski definition) is 5. The lowest BCUT2D eigenvalue weighted by atomic mass is 10.0. The van der Waals surface area contributed by atoms with Crippen molar-refractivity contribution in [3.05, 3.63) is 122 Å². The number of nitrogens with zero attached hydrogens (tertiary/aromatic N) is 2. The summed E-state index contributed by atoms with van der Waals surface area (Å²) < 4.78 is 6.81. The minimum atomic E-state index is -1.02. The number of aromatic amines is 1. The second kappa shape index (κ2) is 9.11. The Bertz CT molecular complexity index is 1730. The quantitative estimate of drug-likeness (QED) is 0.368. The van der Waals surface area contributed by atoms with Gasteiger partial charge >= 0.3 is 11.7 Å². The number of nitrogens with one attached hydrogen (secondary N) is 1. The molecule has 0 aliphatic heterocycles. The van der Waals surface area contributed by atoms with Gasteiger partial charge in [-0.15, -0.1) is 4.68 Å². The lowest BCUT2D eigenvalue weighted by Gasteiger charge is -2.12. The summed E-state index contributed by atoms with van der Waals surface area (Å²) in [4.78, 5) is 39.3. The fourth-order valence-corrected chi connectivity index (χ4v) is 3.86. The number of ether oxygens (including phenoxy) is 1. The van der Waals surface area contributed by atoms with Crippen LogP contribution in [-0.4, -0.2) is 27.0 Å². The lowest BCUT2D eigenvalue weighted by molar-refractivity contribution is 0.0696. The Labute approximate surface area is 198 Å². The first-order valence-corrected chi connectivity index (χ1v) is 10.8. The van der Waals surface area contributed by atoms with Gasteiger partial charge in [0, 0.05) is 5.56 Å². The summed E-state index contributed by atoms with van der Waals surface area (Å²) in [6, 6.07) is 24.5. The maximum Gasteiger partial charge on any atom is 0.349 e. The van der Waals surface area contributed by atoms with E-state index in [4.69, 9.17) is 4.74 Å². The van der Waals surface area contributed by atoms with Gasteiger partial charge in [-0.25, -0.2) is 9.59 Å². The molecule has 8 heteroatoms. The number of para-hydroxylation sites is 1. The third-order valence-corrected chi connectivity index (χ3v) is 5.59. The molecule has 0 aliphatic rings. The van der Waals surface area contributed by atoms with Crippen molar-refractivity contribution < 1.29 is 14.6 Å². The number of carboxylic acid groups (broad SMARTS) is 1. The van der Waals surface area contributed by atoms with E-state index in [0.717, 1.165) is 15.4 Å². The third-order valence-electron chi connectivity index (χ3n) is 5.59. The zero-order valence-corrected chi connectivity index (χ0v) is 18.3. The van der Waals surface area contributed by atoms with Crippen LogP contribution in [0.3, 0.4) is 0 Å². The number of aromatic carboxylic acids is 1. The van der Waals surface area contributed by atoms with Crippen LogP contribution >= 0.6 is 0 Å². The molecule has 0 spiro atoms. The zero-order chi connectivity index (χ0) is 24.4. The highest BCUT2D eigenvalue weighted by Gasteiger charge is 2.11. The van der Waals surface area contributed by atoms with Gasteiger partial charge < -0.3 is 14.8 Å². The number of hydrogen-bond donors (Lipinski definition) is 2. The molecule has 0 saturated carbocycles. The van der Waals surface area contributed by atoms with Crippen LogP contribution in [0.25, 0.3) is 21.7 Å². The molecule has 35 heavy (non-hydrogen) atoms. The van der Waals surface area contributed by atoms with Crippen molar-refractivity contribution in [2.75, 3.05) is 0 Å². The van der Waals surface area contributed by atoms with E-state index >= 15 is 0 Å². The van der Waals surface area contributed by atoms with E-state index in [1.165, 1.54) is 12.3 Å². The Hall–Kier alpha value is -4.98. The predicted octanol–water partition coefficient (Wildman–Crippen LogP) is 4.00. The number of benzene rings is 4. The average Bonchev–Trinajstić information content (AvgIpc) is 2.87. The largest absolute Gasteiger partial charge is 0.488 e. The molecular formula is C27H19N3O5. The Kier molecular flexibility index (Phi) is 5.68. The van der Waals surface area contributed by atoms with E-state index in [1.807, 2.05) is 30.3 Å². The minimum Gasteiger partial charge on any atom is -0.488 e. The van der Waals surface area contributed by atoms with Crippen molar-refractivity contribution in [2.24, 2.45) is 5.10 Å². The van der Waals surface area contributed by atoms with Gasteiger partial charge in [0.2, 0.25) is 0 Å². The van der Waals surface area contributed by atoms with Crippen molar-refractivity contribution in [3.63, 3.8) is 0 Å². The number of rotatable bonds is 6. The van der Waals surface area contributed by atoms with E-state index in [1.54, 1.807) is 48.5 Å². The molecule has 0 aliphatic carbocycles. The Balaban J connectivity index is 1.56. The molecule has 0 atom stereocenters. The third kappa shape index (κ3) is 4.32. The van der Waals surface area contributed by atoms with Crippen LogP contribution in [0.4, 0.5) is 0 Å². The maximum atomic E-state index is 12.9. The number of carboxylic acids is 1. The van der Waals surface area contributed by atoms with Gasteiger partial charge in [-0.3, -0.25) is 4.79 Å². The van der Waals surface area contributed by atoms with E-state index in [9.17, 15) is 19.5 Å². The molecule has 0 unspecified atom stereocenters. The van der Waals surface area contributed by atoms with Gasteiger partial charge in [0.1, 0.15) is 12.4 Å². The Morgan fingerprint density at radius 2 is 1.71 bits per heavy atom. The summed E-state index contributed by atoms with van der Waals surface area (Å²) in [5.41, 5.74) is 0.681. The summed E-state index contributed by atoms with van der Waals surface area (Å²) in [6.07, 6.45) is 1.43. The Morgan fingerprint density at radius 1 is 0.943 bits per heavy atom. The number of carbonyl (C=O) groups is 1. The topological polar surface area (TPSA) is 114 Å². The molecule has 172 valence electrons. The summed E-state index contributed by atoms with van der Waals surface area (Å²) >= 11 is 0.